The Hall–Kier alpha value is -3.54. The Morgan fingerprint density at radius 1 is 1.04 bits per heavy atom. The second-order valence-electron chi connectivity index (χ2n) is 6.80. The fraction of sp³-hybridized carbons (Fsp3) is 0.182. The van der Waals surface area contributed by atoms with Gasteiger partial charge in [-0.05, 0) is 24.5 Å². The van der Waals surface area contributed by atoms with Crippen molar-refractivity contribution in [1.82, 2.24) is 9.97 Å². The van der Waals surface area contributed by atoms with Crippen molar-refractivity contribution in [3.8, 4) is 11.4 Å². The lowest BCUT2D eigenvalue weighted by Crippen LogP contribution is -2.30. The van der Waals surface area contributed by atoms with Crippen molar-refractivity contribution in [3.05, 3.63) is 72.6 Å². The topological polar surface area (TPSA) is 84.0 Å². The van der Waals surface area contributed by atoms with Crippen LogP contribution >= 0.6 is 0 Å². The van der Waals surface area contributed by atoms with Gasteiger partial charge in [-0.3, -0.25) is 9.59 Å². The highest BCUT2D eigenvalue weighted by molar-refractivity contribution is 5.96. The number of nitrogens with one attached hydrogen (secondary N) is 2. The number of para-hydroxylation sites is 1. The number of hydrogen-bond acceptors (Lipinski definition) is 4. The highest BCUT2D eigenvalue weighted by Gasteiger charge is 2.26. The van der Waals surface area contributed by atoms with Crippen LogP contribution in [0.4, 0.5) is 11.4 Å². The molecule has 1 aliphatic rings. The van der Waals surface area contributed by atoms with Crippen molar-refractivity contribution in [3.63, 3.8) is 0 Å². The Kier molecular flexibility index (Phi) is 5.10. The number of carbonyl (C=O) groups excluding carboxylic acids is 2. The molecule has 0 fully saturated rings. The summed E-state index contributed by atoms with van der Waals surface area (Å²) in [7, 11) is 0. The number of rotatable bonds is 5. The van der Waals surface area contributed by atoms with Gasteiger partial charge in [-0.1, -0.05) is 48.5 Å². The summed E-state index contributed by atoms with van der Waals surface area (Å²) >= 11 is 0. The predicted octanol–water partition coefficient (Wildman–Crippen LogP) is 3.67. The van der Waals surface area contributed by atoms with E-state index in [1.807, 2.05) is 54.6 Å². The zero-order valence-electron chi connectivity index (χ0n) is 15.3. The lowest BCUT2D eigenvalue weighted by atomic mass is 9.89. The van der Waals surface area contributed by atoms with Gasteiger partial charge in [0, 0.05) is 23.6 Å². The lowest BCUT2D eigenvalue weighted by molar-refractivity contribution is -0.121. The van der Waals surface area contributed by atoms with Crippen molar-refractivity contribution in [2.75, 3.05) is 10.6 Å². The average Bonchev–Trinajstić information content (AvgIpc) is 2.73. The van der Waals surface area contributed by atoms with Gasteiger partial charge in [-0.2, -0.15) is 0 Å². The van der Waals surface area contributed by atoms with E-state index in [9.17, 15) is 9.59 Å². The normalized spacial score (nSPS) is 15.4. The number of carbonyl (C=O) groups is 2. The summed E-state index contributed by atoms with van der Waals surface area (Å²) in [4.78, 5) is 33.1. The Morgan fingerprint density at radius 3 is 2.54 bits per heavy atom. The summed E-state index contributed by atoms with van der Waals surface area (Å²) in [6, 6.07) is 17.4. The van der Waals surface area contributed by atoms with E-state index in [1.54, 1.807) is 12.4 Å². The average molecular weight is 372 g/mol. The fourth-order valence-corrected chi connectivity index (χ4v) is 3.30. The monoisotopic (exact) mass is 372 g/mol. The first-order chi connectivity index (χ1) is 13.7. The molecule has 28 heavy (non-hydrogen) atoms. The molecular weight excluding hydrogens is 352 g/mol. The van der Waals surface area contributed by atoms with Crippen LogP contribution in [0.1, 0.15) is 18.4 Å². The van der Waals surface area contributed by atoms with Crippen LogP contribution in [0.15, 0.2) is 67.0 Å². The van der Waals surface area contributed by atoms with E-state index in [0.29, 0.717) is 24.4 Å². The molecule has 2 amide bonds. The molecule has 0 radical (unpaired) electrons. The first-order valence-corrected chi connectivity index (χ1v) is 9.25. The maximum atomic E-state index is 12.3. The van der Waals surface area contributed by atoms with Crippen LogP contribution in [-0.2, 0) is 16.0 Å². The SMILES string of the molecule is O=C(CCC1Cc2ccccc2NC1=O)Nc1cnc(-c2ccccc2)nc1. The van der Waals surface area contributed by atoms with E-state index in [0.717, 1.165) is 16.8 Å². The van der Waals surface area contributed by atoms with Crippen molar-refractivity contribution in [1.29, 1.82) is 0 Å². The molecule has 4 rings (SSSR count). The van der Waals surface area contributed by atoms with Crippen molar-refractivity contribution in [2.45, 2.75) is 19.3 Å². The Morgan fingerprint density at radius 2 is 1.75 bits per heavy atom. The second-order valence-corrected chi connectivity index (χ2v) is 6.80. The largest absolute Gasteiger partial charge is 0.326 e. The highest BCUT2D eigenvalue weighted by atomic mass is 16.2. The molecule has 0 bridgehead atoms. The maximum absolute atomic E-state index is 12.3. The zero-order valence-corrected chi connectivity index (χ0v) is 15.3. The van der Waals surface area contributed by atoms with Gasteiger partial charge in [0.15, 0.2) is 5.82 Å². The van der Waals surface area contributed by atoms with Gasteiger partial charge >= 0.3 is 0 Å². The molecule has 0 spiro atoms. The number of amides is 2. The number of benzene rings is 2. The first-order valence-electron chi connectivity index (χ1n) is 9.25. The molecule has 0 aliphatic carbocycles. The van der Waals surface area contributed by atoms with E-state index in [2.05, 4.69) is 20.6 Å². The summed E-state index contributed by atoms with van der Waals surface area (Å²) in [5.41, 5.74) is 3.44. The maximum Gasteiger partial charge on any atom is 0.227 e. The quantitative estimate of drug-likeness (QED) is 0.716. The summed E-state index contributed by atoms with van der Waals surface area (Å²) in [6.07, 6.45) is 4.60. The van der Waals surface area contributed by atoms with Gasteiger partial charge in [-0.25, -0.2) is 9.97 Å². The molecule has 1 aliphatic heterocycles. The summed E-state index contributed by atoms with van der Waals surface area (Å²) in [6.45, 7) is 0. The molecule has 2 N–H and O–H groups in total. The minimum absolute atomic E-state index is 0.0259. The number of hydrogen-bond donors (Lipinski definition) is 2. The third-order valence-corrected chi connectivity index (χ3v) is 4.80. The van der Waals surface area contributed by atoms with E-state index in [-0.39, 0.29) is 24.2 Å². The van der Waals surface area contributed by atoms with E-state index >= 15 is 0 Å². The van der Waals surface area contributed by atoms with Gasteiger partial charge < -0.3 is 10.6 Å². The Balaban J connectivity index is 1.32. The smallest absolute Gasteiger partial charge is 0.227 e. The van der Waals surface area contributed by atoms with Gasteiger partial charge in [0.05, 0.1) is 18.1 Å². The van der Waals surface area contributed by atoms with Gasteiger partial charge in [-0.15, -0.1) is 0 Å². The predicted molar refractivity (Wildman–Crippen MR) is 108 cm³/mol. The fourth-order valence-electron chi connectivity index (χ4n) is 3.30. The molecule has 6 nitrogen and oxygen atoms in total. The molecule has 0 saturated heterocycles. The molecule has 6 heteroatoms. The van der Waals surface area contributed by atoms with Crippen LogP contribution in [0, 0.1) is 5.92 Å². The molecule has 3 aromatic rings. The number of nitrogens with zero attached hydrogens (tertiary/aromatic N) is 2. The van der Waals surface area contributed by atoms with E-state index < -0.39 is 0 Å². The van der Waals surface area contributed by atoms with Gasteiger partial charge in [0.1, 0.15) is 0 Å². The Bertz CT molecular complexity index is 987. The molecule has 2 aromatic carbocycles. The van der Waals surface area contributed by atoms with Crippen LogP contribution in [0.5, 0.6) is 0 Å². The molecule has 1 atom stereocenters. The van der Waals surface area contributed by atoms with Crippen molar-refractivity contribution in [2.24, 2.45) is 5.92 Å². The number of anilines is 2. The van der Waals surface area contributed by atoms with Gasteiger partial charge in [0.2, 0.25) is 11.8 Å². The first kappa shape index (κ1) is 17.9. The van der Waals surface area contributed by atoms with Crippen LogP contribution in [0.2, 0.25) is 0 Å². The number of fused-ring (bicyclic) bond motifs is 1. The minimum atomic E-state index is -0.197. The summed E-state index contributed by atoms with van der Waals surface area (Å²) in [5.74, 6) is 0.235. The second kappa shape index (κ2) is 8.00. The third-order valence-electron chi connectivity index (χ3n) is 4.80. The number of aromatic nitrogens is 2. The minimum Gasteiger partial charge on any atom is -0.326 e. The molecule has 2 heterocycles. The standard InChI is InChI=1S/C22H20N4O2/c27-20(11-10-17-12-16-8-4-5-9-19(16)26-22(17)28)25-18-13-23-21(24-14-18)15-6-2-1-3-7-15/h1-9,13-14,17H,10-12H2,(H,25,27)(H,26,28). The van der Waals surface area contributed by atoms with Crippen molar-refractivity contribution >= 4 is 23.2 Å². The third kappa shape index (κ3) is 4.06. The molecular formula is C22H20N4O2. The van der Waals surface area contributed by atoms with E-state index in [4.69, 9.17) is 0 Å². The molecule has 1 unspecified atom stereocenters. The van der Waals surface area contributed by atoms with E-state index in [1.165, 1.54) is 0 Å². The summed E-state index contributed by atoms with van der Waals surface area (Å²) in [5, 5.41) is 5.71. The Labute approximate surface area is 163 Å². The van der Waals surface area contributed by atoms with Crippen LogP contribution < -0.4 is 10.6 Å². The van der Waals surface area contributed by atoms with Crippen LogP contribution in [-0.4, -0.2) is 21.8 Å². The molecule has 1 aromatic heterocycles. The van der Waals surface area contributed by atoms with Crippen LogP contribution in [0.25, 0.3) is 11.4 Å². The lowest BCUT2D eigenvalue weighted by Gasteiger charge is -2.24. The molecule has 0 saturated carbocycles. The highest BCUT2D eigenvalue weighted by Crippen LogP contribution is 2.27. The molecule has 140 valence electrons. The van der Waals surface area contributed by atoms with Gasteiger partial charge in [0.25, 0.3) is 0 Å². The van der Waals surface area contributed by atoms with Crippen molar-refractivity contribution < 1.29 is 9.59 Å². The van der Waals surface area contributed by atoms with Crippen LogP contribution in [0.3, 0.4) is 0 Å². The summed E-state index contributed by atoms with van der Waals surface area (Å²) < 4.78 is 0. The zero-order chi connectivity index (χ0) is 19.3.